The molecule has 0 heterocycles. The van der Waals surface area contributed by atoms with Gasteiger partial charge in [-0.3, -0.25) is 0 Å². The molecule has 0 fully saturated rings. The zero-order chi connectivity index (χ0) is 11.6. The van der Waals surface area contributed by atoms with Crippen molar-refractivity contribution < 1.29 is 8.42 Å². The number of nitrogens with two attached hydrogens (primary N) is 1. The molecule has 0 bridgehead atoms. The molecule has 0 aliphatic rings. The molecule has 1 aromatic rings. The third-order valence-electron chi connectivity index (χ3n) is 1.99. The fourth-order valence-corrected chi connectivity index (χ4v) is 3.19. The molecule has 0 aliphatic heterocycles. The van der Waals surface area contributed by atoms with Crippen molar-refractivity contribution in [2.45, 2.75) is 18.7 Å². The first-order valence-corrected chi connectivity index (χ1v) is 6.71. The lowest BCUT2D eigenvalue weighted by atomic mass is 10.2. The molecule has 0 radical (unpaired) electrons. The van der Waals surface area contributed by atoms with Crippen LogP contribution in [0.15, 0.2) is 21.5 Å². The van der Waals surface area contributed by atoms with Crippen molar-refractivity contribution in [3.63, 3.8) is 0 Å². The van der Waals surface area contributed by atoms with Crippen LogP contribution >= 0.6 is 15.9 Å². The molecule has 0 saturated heterocycles. The Morgan fingerprint density at radius 2 is 2.07 bits per heavy atom. The largest absolute Gasteiger partial charge is 0.398 e. The molecule has 0 aliphatic carbocycles. The number of hydrogen-bond donors (Lipinski definition) is 2. The van der Waals surface area contributed by atoms with Gasteiger partial charge in [0, 0.05) is 16.7 Å². The van der Waals surface area contributed by atoms with E-state index in [1.165, 1.54) is 0 Å². The smallest absolute Gasteiger partial charge is 0.240 e. The van der Waals surface area contributed by atoms with Gasteiger partial charge in [0.25, 0.3) is 0 Å². The molecule has 0 unspecified atom stereocenters. The van der Waals surface area contributed by atoms with E-state index < -0.39 is 10.0 Å². The van der Waals surface area contributed by atoms with Gasteiger partial charge in [0.05, 0.1) is 4.90 Å². The minimum atomic E-state index is -3.45. The van der Waals surface area contributed by atoms with E-state index in [2.05, 4.69) is 20.7 Å². The number of hydrogen-bond acceptors (Lipinski definition) is 3. The van der Waals surface area contributed by atoms with Crippen LogP contribution in [-0.4, -0.2) is 15.0 Å². The average Bonchev–Trinajstić information content (AvgIpc) is 2.11. The van der Waals surface area contributed by atoms with Gasteiger partial charge in [0.1, 0.15) is 0 Å². The first-order chi connectivity index (χ1) is 6.88. The maximum atomic E-state index is 11.8. The van der Waals surface area contributed by atoms with Gasteiger partial charge in [-0.2, -0.15) is 0 Å². The van der Waals surface area contributed by atoms with Gasteiger partial charge in [0.15, 0.2) is 0 Å². The number of sulfonamides is 1. The Labute approximate surface area is 98.0 Å². The molecule has 84 valence electrons. The third-order valence-corrected chi connectivity index (χ3v) is 4.12. The topological polar surface area (TPSA) is 72.2 Å². The summed E-state index contributed by atoms with van der Waals surface area (Å²) >= 11 is 3.22. The van der Waals surface area contributed by atoms with Crippen molar-refractivity contribution in [2.24, 2.45) is 0 Å². The zero-order valence-corrected chi connectivity index (χ0v) is 10.9. The van der Waals surface area contributed by atoms with Crippen LogP contribution in [0.1, 0.15) is 12.5 Å². The number of rotatable bonds is 3. The van der Waals surface area contributed by atoms with Gasteiger partial charge in [-0.15, -0.1) is 0 Å². The van der Waals surface area contributed by atoms with E-state index >= 15 is 0 Å². The normalized spacial score (nSPS) is 11.7. The maximum Gasteiger partial charge on any atom is 0.240 e. The second-order valence-corrected chi connectivity index (χ2v) is 5.77. The number of nitrogens with one attached hydrogen (secondary N) is 1. The Morgan fingerprint density at radius 1 is 1.47 bits per heavy atom. The zero-order valence-electron chi connectivity index (χ0n) is 8.54. The Morgan fingerprint density at radius 3 is 2.60 bits per heavy atom. The molecule has 0 amide bonds. The van der Waals surface area contributed by atoms with Crippen LogP contribution in [0.3, 0.4) is 0 Å². The molecule has 3 N–H and O–H groups in total. The molecule has 0 spiro atoms. The van der Waals surface area contributed by atoms with Crippen LogP contribution in [-0.2, 0) is 10.0 Å². The van der Waals surface area contributed by atoms with E-state index in [1.807, 2.05) is 0 Å². The highest BCUT2D eigenvalue weighted by atomic mass is 79.9. The molecule has 0 atom stereocenters. The quantitative estimate of drug-likeness (QED) is 0.832. The molecule has 1 rings (SSSR count). The number of halogens is 1. The third kappa shape index (κ3) is 2.70. The van der Waals surface area contributed by atoms with Gasteiger partial charge < -0.3 is 5.73 Å². The number of nitrogen functional groups attached to an aromatic ring is 1. The number of anilines is 1. The Kier molecular flexibility index (Phi) is 3.75. The van der Waals surface area contributed by atoms with E-state index in [0.717, 1.165) is 0 Å². The second kappa shape index (κ2) is 4.51. The molecule has 15 heavy (non-hydrogen) atoms. The standard InChI is InChI=1S/C9H13BrN2O2S/c1-3-12-15(13,14)9-5-7(10)4-8(11)6(9)2/h4-5,12H,3,11H2,1-2H3. The van der Waals surface area contributed by atoms with Gasteiger partial charge in [0.2, 0.25) is 10.0 Å². The number of benzene rings is 1. The summed E-state index contributed by atoms with van der Waals surface area (Å²) in [6.07, 6.45) is 0. The lowest BCUT2D eigenvalue weighted by Crippen LogP contribution is -2.24. The minimum Gasteiger partial charge on any atom is -0.398 e. The summed E-state index contributed by atoms with van der Waals surface area (Å²) in [6, 6.07) is 3.23. The van der Waals surface area contributed by atoms with Crippen LogP contribution < -0.4 is 10.5 Å². The van der Waals surface area contributed by atoms with Crippen LogP contribution in [0.4, 0.5) is 5.69 Å². The monoisotopic (exact) mass is 292 g/mol. The molecule has 1 aromatic carbocycles. The summed E-state index contributed by atoms with van der Waals surface area (Å²) in [6.45, 7) is 3.77. The SMILES string of the molecule is CCNS(=O)(=O)c1cc(Br)cc(N)c1C. The van der Waals surface area contributed by atoms with E-state index in [0.29, 0.717) is 22.3 Å². The van der Waals surface area contributed by atoms with Crippen molar-refractivity contribution in [1.82, 2.24) is 4.72 Å². The van der Waals surface area contributed by atoms with Crippen LogP contribution in [0, 0.1) is 6.92 Å². The van der Waals surface area contributed by atoms with E-state index in [4.69, 9.17) is 5.73 Å². The first kappa shape index (κ1) is 12.5. The second-order valence-electron chi connectivity index (χ2n) is 3.12. The van der Waals surface area contributed by atoms with Crippen molar-refractivity contribution in [2.75, 3.05) is 12.3 Å². The lowest BCUT2D eigenvalue weighted by molar-refractivity contribution is 0.583. The average molecular weight is 293 g/mol. The van der Waals surface area contributed by atoms with E-state index in [9.17, 15) is 8.42 Å². The lowest BCUT2D eigenvalue weighted by Gasteiger charge is -2.10. The van der Waals surface area contributed by atoms with Gasteiger partial charge >= 0.3 is 0 Å². The molecular formula is C9H13BrN2O2S. The highest BCUT2D eigenvalue weighted by Crippen LogP contribution is 2.25. The predicted octanol–water partition coefficient (Wildman–Crippen LogP) is 1.64. The van der Waals surface area contributed by atoms with Crippen LogP contribution in [0.5, 0.6) is 0 Å². The fraction of sp³-hybridized carbons (Fsp3) is 0.333. The predicted molar refractivity (Wildman–Crippen MR) is 64.2 cm³/mol. The molecule has 0 saturated carbocycles. The van der Waals surface area contributed by atoms with Crippen molar-refractivity contribution in [1.29, 1.82) is 0 Å². The fourth-order valence-electron chi connectivity index (χ4n) is 1.22. The van der Waals surface area contributed by atoms with Gasteiger partial charge in [-0.25, -0.2) is 13.1 Å². The molecule has 6 heteroatoms. The molecule has 0 aromatic heterocycles. The summed E-state index contributed by atoms with van der Waals surface area (Å²) < 4.78 is 26.6. The maximum absolute atomic E-state index is 11.8. The summed E-state index contributed by atoms with van der Waals surface area (Å²) in [5.74, 6) is 0. The van der Waals surface area contributed by atoms with Crippen LogP contribution in [0.2, 0.25) is 0 Å². The molecule has 4 nitrogen and oxygen atoms in total. The summed E-state index contributed by atoms with van der Waals surface area (Å²) in [5.41, 5.74) is 6.72. The summed E-state index contributed by atoms with van der Waals surface area (Å²) in [4.78, 5) is 0.219. The Hall–Kier alpha value is -0.590. The van der Waals surface area contributed by atoms with Crippen molar-refractivity contribution in [3.8, 4) is 0 Å². The summed E-state index contributed by atoms with van der Waals surface area (Å²) in [5, 5.41) is 0. The molecular weight excluding hydrogens is 280 g/mol. The van der Waals surface area contributed by atoms with Gasteiger partial charge in [-0.1, -0.05) is 22.9 Å². The van der Waals surface area contributed by atoms with Crippen molar-refractivity contribution >= 4 is 31.6 Å². The Bertz CT molecular complexity index is 471. The van der Waals surface area contributed by atoms with Gasteiger partial charge in [-0.05, 0) is 24.6 Å². The van der Waals surface area contributed by atoms with E-state index in [-0.39, 0.29) is 4.90 Å². The highest BCUT2D eigenvalue weighted by molar-refractivity contribution is 9.10. The minimum absolute atomic E-state index is 0.219. The highest BCUT2D eigenvalue weighted by Gasteiger charge is 2.17. The Balaban J connectivity index is 3.38. The van der Waals surface area contributed by atoms with Crippen molar-refractivity contribution in [3.05, 3.63) is 22.2 Å². The first-order valence-electron chi connectivity index (χ1n) is 4.43. The van der Waals surface area contributed by atoms with Crippen LogP contribution in [0.25, 0.3) is 0 Å². The summed E-state index contributed by atoms with van der Waals surface area (Å²) in [7, 11) is -3.45. The van der Waals surface area contributed by atoms with E-state index in [1.54, 1.807) is 26.0 Å².